The van der Waals surface area contributed by atoms with Crippen molar-refractivity contribution in [1.82, 2.24) is 0 Å². The maximum Gasteiger partial charge on any atom is -0.0381 e. The molecule has 0 nitrogen and oxygen atoms in total. The first-order chi connectivity index (χ1) is 8.92. The molecule has 0 spiro atoms. The maximum absolute atomic E-state index is 1.61. The third-order valence-electron chi connectivity index (χ3n) is 6.29. The predicted octanol–water partition coefficient (Wildman–Crippen LogP) is 5.95. The average molecular weight is 248 g/mol. The zero-order valence-electron chi connectivity index (χ0n) is 12.2. The van der Waals surface area contributed by atoms with Crippen LogP contribution in [0.5, 0.6) is 0 Å². The molecule has 3 saturated carbocycles. The highest BCUT2D eigenvalue weighted by atomic mass is 14.4. The molecule has 1 unspecified atom stereocenters. The fourth-order valence-corrected chi connectivity index (χ4v) is 4.92. The summed E-state index contributed by atoms with van der Waals surface area (Å²) < 4.78 is 0. The van der Waals surface area contributed by atoms with Gasteiger partial charge in [-0.2, -0.15) is 0 Å². The van der Waals surface area contributed by atoms with E-state index in [1.807, 2.05) is 0 Å². The zero-order chi connectivity index (χ0) is 12.2. The average Bonchev–Trinajstić information content (AvgIpc) is 2.81. The van der Waals surface area contributed by atoms with E-state index in [-0.39, 0.29) is 0 Å². The van der Waals surface area contributed by atoms with Crippen LogP contribution in [0.1, 0.15) is 89.9 Å². The van der Waals surface area contributed by atoms with Crippen molar-refractivity contribution in [3.8, 4) is 0 Å². The van der Waals surface area contributed by atoms with Gasteiger partial charge in [-0.1, -0.05) is 77.0 Å². The summed E-state index contributed by atoms with van der Waals surface area (Å²) in [5.74, 6) is 4.52. The third-order valence-corrected chi connectivity index (χ3v) is 6.29. The molecular formula is C18H32. The maximum atomic E-state index is 1.61. The van der Waals surface area contributed by atoms with Gasteiger partial charge in [0, 0.05) is 0 Å². The lowest BCUT2D eigenvalue weighted by molar-refractivity contribution is 0.134. The monoisotopic (exact) mass is 248 g/mol. The quantitative estimate of drug-likeness (QED) is 0.563. The third kappa shape index (κ3) is 3.31. The summed E-state index contributed by atoms with van der Waals surface area (Å²) in [6.07, 6.45) is 21.8. The number of rotatable bonds is 5. The zero-order valence-corrected chi connectivity index (χ0v) is 12.2. The van der Waals surface area contributed by atoms with Crippen LogP contribution < -0.4 is 0 Å². The fourth-order valence-electron chi connectivity index (χ4n) is 4.92. The summed E-state index contributed by atoms with van der Waals surface area (Å²) in [7, 11) is 0. The molecule has 0 aromatic rings. The van der Waals surface area contributed by atoms with Gasteiger partial charge in [0.25, 0.3) is 0 Å². The Labute approximate surface area is 114 Å². The molecule has 0 aromatic heterocycles. The summed E-state index contributed by atoms with van der Waals surface area (Å²) in [6, 6.07) is 0. The molecule has 18 heavy (non-hydrogen) atoms. The molecule has 3 aliphatic rings. The van der Waals surface area contributed by atoms with Gasteiger partial charge in [-0.05, 0) is 36.5 Å². The summed E-state index contributed by atoms with van der Waals surface area (Å²) in [4.78, 5) is 0. The van der Waals surface area contributed by atoms with E-state index < -0.39 is 0 Å². The van der Waals surface area contributed by atoms with Crippen molar-refractivity contribution in [3.63, 3.8) is 0 Å². The van der Waals surface area contributed by atoms with Crippen LogP contribution in [0.3, 0.4) is 0 Å². The highest BCUT2D eigenvalue weighted by Gasteiger charge is 2.32. The van der Waals surface area contributed by atoms with Gasteiger partial charge in [-0.3, -0.25) is 0 Å². The summed E-state index contributed by atoms with van der Waals surface area (Å²) in [6.45, 7) is 0. The SMILES string of the molecule is C1CCC(CC(CC2CCCC2)C2CCC2)CC1. The molecule has 0 radical (unpaired) electrons. The Morgan fingerprint density at radius 1 is 0.556 bits per heavy atom. The van der Waals surface area contributed by atoms with Crippen LogP contribution in [0, 0.1) is 23.7 Å². The van der Waals surface area contributed by atoms with Crippen LogP contribution in [0.2, 0.25) is 0 Å². The molecule has 0 amide bonds. The second-order valence-electron chi connectivity index (χ2n) is 7.58. The van der Waals surface area contributed by atoms with E-state index in [0.29, 0.717) is 0 Å². The molecule has 0 saturated heterocycles. The van der Waals surface area contributed by atoms with E-state index in [1.165, 1.54) is 38.5 Å². The van der Waals surface area contributed by atoms with Crippen molar-refractivity contribution in [2.45, 2.75) is 89.9 Å². The summed E-state index contributed by atoms with van der Waals surface area (Å²) >= 11 is 0. The normalized spacial score (nSPS) is 29.3. The van der Waals surface area contributed by atoms with Crippen LogP contribution >= 0.6 is 0 Å². The van der Waals surface area contributed by atoms with Crippen molar-refractivity contribution in [1.29, 1.82) is 0 Å². The minimum absolute atomic E-state index is 1.12. The number of hydrogen-bond donors (Lipinski definition) is 0. The van der Waals surface area contributed by atoms with Crippen LogP contribution in [-0.4, -0.2) is 0 Å². The van der Waals surface area contributed by atoms with E-state index in [9.17, 15) is 0 Å². The molecule has 3 aliphatic carbocycles. The van der Waals surface area contributed by atoms with Gasteiger partial charge in [0.1, 0.15) is 0 Å². The first kappa shape index (κ1) is 13.0. The standard InChI is InChI=1S/C18H32/c1-2-7-15(8-3-1)13-18(17-11-6-12-17)14-16-9-4-5-10-16/h15-18H,1-14H2. The molecule has 3 rings (SSSR count). The Bertz CT molecular complexity index is 228. The topological polar surface area (TPSA) is 0 Å². The molecule has 0 heteroatoms. The van der Waals surface area contributed by atoms with Gasteiger partial charge in [0.2, 0.25) is 0 Å². The van der Waals surface area contributed by atoms with Crippen molar-refractivity contribution < 1.29 is 0 Å². The molecule has 0 bridgehead atoms. The van der Waals surface area contributed by atoms with E-state index in [1.54, 1.807) is 51.4 Å². The summed E-state index contributed by atoms with van der Waals surface area (Å²) in [5, 5.41) is 0. The lowest BCUT2D eigenvalue weighted by Crippen LogP contribution is -2.26. The Kier molecular flexibility index (Phi) is 4.65. The lowest BCUT2D eigenvalue weighted by Gasteiger charge is -2.38. The minimum atomic E-state index is 1.12. The molecular weight excluding hydrogens is 216 g/mol. The van der Waals surface area contributed by atoms with Gasteiger partial charge < -0.3 is 0 Å². The van der Waals surface area contributed by atoms with Crippen molar-refractivity contribution in [3.05, 3.63) is 0 Å². The summed E-state index contributed by atoms with van der Waals surface area (Å²) in [5.41, 5.74) is 0. The van der Waals surface area contributed by atoms with Gasteiger partial charge >= 0.3 is 0 Å². The van der Waals surface area contributed by atoms with Crippen LogP contribution in [-0.2, 0) is 0 Å². The van der Waals surface area contributed by atoms with Crippen LogP contribution in [0.25, 0.3) is 0 Å². The van der Waals surface area contributed by atoms with Crippen molar-refractivity contribution in [2.75, 3.05) is 0 Å². The van der Waals surface area contributed by atoms with E-state index in [2.05, 4.69) is 0 Å². The first-order valence-corrected chi connectivity index (χ1v) is 8.92. The smallest absolute Gasteiger partial charge is 0.0381 e. The fraction of sp³-hybridized carbons (Fsp3) is 1.00. The Morgan fingerprint density at radius 2 is 1.06 bits per heavy atom. The minimum Gasteiger partial charge on any atom is -0.0533 e. The Hall–Kier alpha value is 0. The molecule has 0 aromatic carbocycles. The van der Waals surface area contributed by atoms with E-state index in [4.69, 9.17) is 0 Å². The highest BCUT2D eigenvalue weighted by Crippen LogP contribution is 2.44. The van der Waals surface area contributed by atoms with Gasteiger partial charge in [-0.25, -0.2) is 0 Å². The largest absolute Gasteiger partial charge is 0.0533 e. The van der Waals surface area contributed by atoms with Gasteiger partial charge in [-0.15, -0.1) is 0 Å². The van der Waals surface area contributed by atoms with Gasteiger partial charge in [0.15, 0.2) is 0 Å². The molecule has 0 aliphatic heterocycles. The number of hydrogen-bond acceptors (Lipinski definition) is 0. The lowest BCUT2D eigenvalue weighted by atomic mass is 9.68. The molecule has 0 N–H and O–H groups in total. The van der Waals surface area contributed by atoms with E-state index >= 15 is 0 Å². The molecule has 3 fully saturated rings. The molecule has 104 valence electrons. The van der Waals surface area contributed by atoms with Crippen LogP contribution in [0.4, 0.5) is 0 Å². The second kappa shape index (κ2) is 6.44. The first-order valence-electron chi connectivity index (χ1n) is 8.92. The van der Waals surface area contributed by atoms with Gasteiger partial charge in [0.05, 0.1) is 0 Å². The van der Waals surface area contributed by atoms with Crippen molar-refractivity contribution >= 4 is 0 Å². The predicted molar refractivity (Wildman–Crippen MR) is 78.6 cm³/mol. The molecule has 1 atom stereocenters. The Morgan fingerprint density at radius 3 is 1.50 bits per heavy atom. The highest BCUT2D eigenvalue weighted by molar-refractivity contribution is 4.83. The molecule has 0 heterocycles. The van der Waals surface area contributed by atoms with Crippen molar-refractivity contribution in [2.24, 2.45) is 23.7 Å². The second-order valence-corrected chi connectivity index (χ2v) is 7.58. The Balaban J connectivity index is 1.50. The van der Waals surface area contributed by atoms with Crippen LogP contribution in [0.15, 0.2) is 0 Å². The van der Waals surface area contributed by atoms with E-state index in [0.717, 1.165) is 23.7 Å².